The summed E-state index contributed by atoms with van der Waals surface area (Å²) in [6, 6.07) is 11.2. The van der Waals surface area contributed by atoms with Crippen LogP contribution in [-0.2, 0) is 6.42 Å². The fourth-order valence-corrected chi connectivity index (χ4v) is 2.70. The molecular weight excluding hydrogens is 260 g/mol. The minimum Gasteiger partial charge on any atom is -0.373 e. The van der Waals surface area contributed by atoms with E-state index in [4.69, 9.17) is 0 Å². The van der Waals surface area contributed by atoms with Crippen molar-refractivity contribution >= 4 is 11.6 Å². The Labute approximate surface area is 126 Å². The molecule has 2 aromatic rings. The van der Waals surface area contributed by atoms with Crippen LogP contribution < -0.4 is 10.6 Å². The van der Waals surface area contributed by atoms with E-state index in [1.807, 2.05) is 7.05 Å². The van der Waals surface area contributed by atoms with Gasteiger partial charge >= 0.3 is 0 Å². The summed E-state index contributed by atoms with van der Waals surface area (Å²) < 4.78 is 0. The zero-order valence-corrected chi connectivity index (χ0v) is 12.9. The van der Waals surface area contributed by atoms with Gasteiger partial charge in [0, 0.05) is 31.0 Å². The molecule has 1 fully saturated rings. The molecule has 2 unspecified atom stereocenters. The summed E-state index contributed by atoms with van der Waals surface area (Å²) in [5.41, 5.74) is 2.50. The Hall–Kier alpha value is -2.10. The van der Waals surface area contributed by atoms with E-state index in [9.17, 15) is 0 Å². The van der Waals surface area contributed by atoms with Crippen LogP contribution in [0.25, 0.3) is 0 Å². The zero-order chi connectivity index (χ0) is 14.8. The lowest BCUT2D eigenvalue weighted by Gasteiger charge is -2.13. The fourth-order valence-electron chi connectivity index (χ4n) is 2.70. The Morgan fingerprint density at radius 2 is 1.86 bits per heavy atom. The van der Waals surface area contributed by atoms with Gasteiger partial charge in [-0.2, -0.15) is 0 Å². The first-order valence-corrected chi connectivity index (χ1v) is 7.59. The molecule has 21 heavy (non-hydrogen) atoms. The lowest BCUT2D eigenvalue weighted by Crippen LogP contribution is -2.12. The van der Waals surface area contributed by atoms with E-state index in [1.54, 1.807) is 0 Å². The van der Waals surface area contributed by atoms with Crippen LogP contribution in [0.15, 0.2) is 30.3 Å². The molecule has 1 aromatic heterocycles. The molecule has 0 aliphatic heterocycles. The number of hydrogen-bond donors (Lipinski definition) is 2. The quantitative estimate of drug-likeness (QED) is 0.883. The number of aromatic nitrogens is 2. The molecule has 4 heteroatoms. The molecule has 0 radical (unpaired) electrons. The van der Waals surface area contributed by atoms with Gasteiger partial charge in [0.05, 0.1) is 0 Å². The molecule has 2 N–H and O–H groups in total. The number of rotatable bonds is 5. The molecule has 110 valence electrons. The lowest BCUT2D eigenvalue weighted by molar-refractivity contribution is 0.919. The van der Waals surface area contributed by atoms with Crippen LogP contribution in [0, 0.1) is 6.92 Å². The highest BCUT2D eigenvalue weighted by Gasteiger charge is 2.38. The second-order valence-electron chi connectivity index (χ2n) is 5.57. The third-order valence-corrected chi connectivity index (χ3v) is 4.09. The number of nitrogens with one attached hydrogen (secondary N) is 2. The van der Waals surface area contributed by atoms with Crippen molar-refractivity contribution in [1.29, 1.82) is 0 Å². The van der Waals surface area contributed by atoms with Crippen molar-refractivity contribution < 1.29 is 0 Å². The molecule has 1 heterocycles. The van der Waals surface area contributed by atoms with Gasteiger partial charge in [-0.15, -0.1) is 0 Å². The largest absolute Gasteiger partial charge is 0.373 e. The molecule has 1 aliphatic rings. The molecule has 1 saturated carbocycles. The van der Waals surface area contributed by atoms with Crippen molar-refractivity contribution in [3.05, 3.63) is 47.3 Å². The topological polar surface area (TPSA) is 49.8 Å². The Morgan fingerprint density at radius 1 is 1.14 bits per heavy atom. The van der Waals surface area contributed by atoms with Gasteiger partial charge in [-0.3, -0.25) is 0 Å². The molecule has 0 amide bonds. The molecule has 3 rings (SSSR count). The Bertz CT molecular complexity index is 624. The third kappa shape index (κ3) is 2.84. The van der Waals surface area contributed by atoms with Crippen molar-refractivity contribution in [2.24, 2.45) is 0 Å². The van der Waals surface area contributed by atoms with E-state index in [1.165, 1.54) is 12.0 Å². The Morgan fingerprint density at radius 3 is 2.52 bits per heavy atom. The average Bonchev–Trinajstić information content (AvgIpc) is 3.29. The second-order valence-corrected chi connectivity index (χ2v) is 5.57. The maximum Gasteiger partial charge on any atom is 0.135 e. The molecule has 0 bridgehead atoms. The predicted octanol–water partition coefficient (Wildman–Crippen LogP) is 3.36. The van der Waals surface area contributed by atoms with Crippen LogP contribution >= 0.6 is 0 Å². The zero-order valence-electron chi connectivity index (χ0n) is 12.9. The van der Waals surface area contributed by atoms with Gasteiger partial charge in [-0.05, 0) is 18.9 Å². The number of aryl methyl sites for hydroxylation is 1. The van der Waals surface area contributed by atoms with Gasteiger partial charge in [0.15, 0.2) is 0 Å². The van der Waals surface area contributed by atoms with Crippen LogP contribution in [0.3, 0.4) is 0 Å². The van der Waals surface area contributed by atoms with Crippen LogP contribution in [0.5, 0.6) is 0 Å². The first-order valence-electron chi connectivity index (χ1n) is 7.59. The van der Waals surface area contributed by atoms with E-state index in [0.717, 1.165) is 29.4 Å². The average molecular weight is 282 g/mol. The van der Waals surface area contributed by atoms with Crippen molar-refractivity contribution in [2.75, 3.05) is 17.7 Å². The van der Waals surface area contributed by atoms with Gasteiger partial charge in [-0.1, -0.05) is 37.3 Å². The van der Waals surface area contributed by atoms with E-state index >= 15 is 0 Å². The van der Waals surface area contributed by atoms with Crippen LogP contribution in [0.1, 0.15) is 36.2 Å². The summed E-state index contributed by atoms with van der Waals surface area (Å²) in [7, 11) is 1.91. The summed E-state index contributed by atoms with van der Waals surface area (Å²) in [5.74, 6) is 3.36. The van der Waals surface area contributed by atoms with Crippen molar-refractivity contribution in [3.63, 3.8) is 0 Å². The smallest absolute Gasteiger partial charge is 0.135 e. The van der Waals surface area contributed by atoms with Crippen molar-refractivity contribution in [3.8, 4) is 0 Å². The number of nitrogens with zero attached hydrogens (tertiary/aromatic N) is 2. The molecule has 0 saturated heterocycles. The normalized spacial score (nSPS) is 20.1. The summed E-state index contributed by atoms with van der Waals surface area (Å²) in [6.45, 7) is 4.14. The number of anilines is 2. The van der Waals surface area contributed by atoms with Gasteiger partial charge < -0.3 is 10.6 Å². The minimum absolute atomic E-state index is 0.482. The van der Waals surface area contributed by atoms with Gasteiger partial charge in [0.1, 0.15) is 17.5 Å². The summed E-state index contributed by atoms with van der Waals surface area (Å²) >= 11 is 0. The first kappa shape index (κ1) is 13.9. The second kappa shape index (κ2) is 5.72. The molecule has 1 aliphatic carbocycles. The predicted molar refractivity (Wildman–Crippen MR) is 86.9 cm³/mol. The maximum atomic E-state index is 4.65. The molecule has 2 atom stereocenters. The van der Waals surface area contributed by atoms with E-state index in [0.29, 0.717) is 12.0 Å². The molecule has 1 aromatic carbocycles. The Balaban J connectivity index is 1.77. The first-order chi connectivity index (χ1) is 10.2. The Kier molecular flexibility index (Phi) is 3.78. The van der Waals surface area contributed by atoms with Crippen molar-refractivity contribution in [1.82, 2.24) is 9.97 Å². The summed E-state index contributed by atoms with van der Waals surface area (Å²) in [6.07, 6.45) is 2.01. The van der Waals surface area contributed by atoms with E-state index in [2.05, 4.69) is 64.8 Å². The van der Waals surface area contributed by atoms with E-state index < -0.39 is 0 Å². The molecular formula is C17H22N4. The van der Waals surface area contributed by atoms with Crippen LogP contribution in [0.4, 0.5) is 11.6 Å². The monoisotopic (exact) mass is 282 g/mol. The number of benzene rings is 1. The number of hydrogen-bond acceptors (Lipinski definition) is 4. The maximum absolute atomic E-state index is 4.65. The lowest BCUT2D eigenvalue weighted by atomic mass is 10.1. The highest BCUT2D eigenvalue weighted by atomic mass is 15.1. The SMILES string of the molecule is CCc1nc(NC)c(C)c(NC2CC2c2ccccc2)n1. The van der Waals surface area contributed by atoms with E-state index in [-0.39, 0.29) is 0 Å². The third-order valence-electron chi connectivity index (χ3n) is 4.09. The van der Waals surface area contributed by atoms with Gasteiger partial charge in [-0.25, -0.2) is 9.97 Å². The highest BCUT2D eigenvalue weighted by molar-refractivity contribution is 5.58. The highest BCUT2D eigenvalue weighted by Crippen LogP contribution is 2.43. The van der Waals surface area contributed by atoms with Crippen LogP contribution in [-0.4, -0.2) is 23.1 Å². The van der Waals surface area contributed by atoms with Gasteiger partial charge in [0.2, 0.25) is 0 Å². The van der Waals surface area contributed by atoms with Crippen molar-refractivity contribution in [2.45, 2.75) is 38.6 Å². The summed E-state index contributed by atoms with van der Waals surface area (Å²) in [5, 5.41) is 6.75. The fraction of sp³-hybridized carbons (Fsp3) is 0.412. The molecule has 4 nitrogen and oxygen atoms in total. The summed E-state index contributed by atoms with van der Waals surface area (Å²) in [4.78, 5) is 9.16. The minimum atomic E-state index is 0.482. The molecule has 0 spiro atoms. The standard InChI is InChI=1S/C17H22N4/c1-4-15-20-16(18-3)11(2)17(21-15)19-14-10-13(14)12-8-6-5-7-9-12/h5-9,13-14H,4,10H2,1-3H3,(H2,18,19,20,21). The van der Waals surface area contributed by atoms with Gasteiger partial charge in [0.25, 0.3) is 0 Å². The van der Waals surface area contributed by atoms with Crippen LogP contribution in [0.2, 0.25) is 0 Å².